The van der Waals surface area contributed by atoms with Gasteiger partial charge in [-0.15, -0.1) is 0 Å². The lowest BCUT2D eigenvalue weighted by molar-refractivity contribution is -0.114. The second-order valence-electron chi connectivity index (χ2n) is 8.98. The molecule has 0 unspecified atom stereocenters. The van der Waals surface area contributed by atoms with Gasteiger partial charge in [-0.1, -0.05) is 35.9 Å². The Bertz CT molecular complexity index is 1610. The van der Waals surface area contributed by atoms with Crippen LogP contribution in [0.2, 0.25) is 5.02 Å². The molecule has 0 heterocycles. The van der Waals surface area contributed by atoms with Crippen molar-refractivity contribution in [1.82, 2.24) is 0 Å². The molecule has 8 nitrogen and oxygen atoms in total. The number of hydrogen-bond donors (Lipinski definition) is 1. The molecule has 0 saturated carbocycles. The number of rotatable bonds is 10. The Labute approximate surface area is 239 Å². The van der Waals surface area contributed by atoms with Crippen LogP contribution in [0, 0.1) is 13.8 Å². The average molecular weight is 581 g/mol. The lowest BCUT2D eigenvalue weighted by atomic mass is 10.1. The molecule has 4 aromatic rings. The Kier molecular flexibility index (Phi) is 8.86. The van der Waals surface area contributed by atoms with Crippen molar-refractivity contribution in [3.05, 3.63) is 101 Å². The van der Waals surface area contributed by atoms with Crippen molar-refractivity contribution in [2.45, 2.75) is 18.7 Å². The third-order valence-electron chi connectivity index (χ3n) is 5.91. The molecular weight excluding hydrogens is 552 g/mol. The Morgan fingerprint density at radius 3 is 2.12 bits per heavy atom. The van der Waals surface area contributed by atoms with E-state index in [1.165, 1.54) is 32.4 Å². The topological polar surface area (TPSA) is 94.2 Å². The van der Waals surface area contributed by atoms with Gasteiger partial charge in [0, 0.05) is 11.1 Å². The van der Waals surface area contributed by atoms with Crippen molar-refractivity contribution in [1.29, 1.82) is 0 Å². The third-order valence-corrected chi connectivity index (χ3v) is 7.92. The van der Waals surface area contributed by atoms with Gasteiger partial charge in [0.2, 0.25) is 5.91 Å². The summed E-state index contributed by atoms with van der Waals surface area (Å²) in [5, 5.41) is 3.14. The summed E-state index contributed by atoms with van der Waals surface area (Å²) < 4.78 is 45.5. The highest BCUT2D eigenvalue weighted by Gasteiger charge is 2.29. The Morgan fingerprint density at radius 1 is 0.825 bits per heavy atom. The number of nitrogens with one attached hydrogen (secondary N) is 1. The van der Waals surface area contributed by atoms with Gasteiger partial charge in [0.05, 0.1) is 30.5 Å². The van der Waals surface area contributed by atoms with Gasteiger partial charge in [-0.25, -0.2) is 8.42 Å². The van der Waals surface area contributed by atoms with E-state index in [9.17, 15) is 13.2 Å². The zero-order valence-electron chi connectivity index (χ0n) is 22.5. The first-order chi connectivity index (χ1) is 19.1. The molecule has 0 saturated heterocycles. The number of sulfonamides is 1. The summed E-state index contributed by atoms with van der Waals surface area (Å²) in [6.45, 7) is 3.20. The summed E-state index contributed by atoms with van der Waals surface area (Å²) in [7, 11) is -1.34. The standard InChI is InChI=1S/C30H29ClN2O6S/c1-20-14-21(2)16-23(15-20)33(40(35,36)25-11-13-28(37-3)29(18-25)38-4)19-30(34)32-26-17-22(31)10-12-27(26)39-24-8-6-5-7-9-24/h5-18H,19H2,1-4H3,(H,32,34). The van der Waals surface area contributed by atoms with Gasteiger partial charge in [0.15, 0.2) is 17.2 Å². The van der Waals surface area contributed by atoms with Crippen LogP contribution in [0.4, 0.5) is 11.4 Å². The van der Waals surface area contributed by atoms with Crippen LogP contribution in [0.25, 0.3) is 0 Å². The maximum absolute atomic E-state index is 14.0. The number of carbonyl (C=O) groups excluding carboxylic acids is 1. The molecule has 0 radical (unpaired) electrons. The van der Waals surface area contributed by atoms with Crippen LogP contribution in [0.1, 0.15) is 11.1 Å². The fourth-order valence-electron chi connectivity index (χ4n) is 4.14. The van der Waals surface area contributed by atoms with Crippen molar-refractivity contribution in [2.75, 3.05) is 30.4 Å². The maximum atomic E-state index is 14.0. The van der Waals surface area contributed by atoms with Crippen molar-refractivity contribution < 1.29 is 27.4 Å². The van der Waals surface area contributed by atoms with E-state index in [4.69, 9.17) is 25.8 Å². The minimum absolute atomic E-state index is 0.0621. The summed E-state index contributed by atoms with van der Waals surface area (Å²) in [6.07, 6.45) is 0. The Balaban J connectivity index is 1.70. The van der Waals surface area contributed by atoms with E-state index >= 15 is 0 Å². The van der Waals surface area contributed by atoms with Crippen LogP contribution < -0.4 is 23.8 Å². The van der Waals surface area contributed by atoms with E-state index in [2.05, 4.69) is 5.32 Å². The van der Waals surface area contributed by atoms with Crippen LogP contribution in [0.15, 0.2) is 89.8 Å². The molecule has 4 rings (SSSR count). The minimum Gasteiger partial charge on any atom is -0.493 e. The molecule has 10 heteroatoms. The van der Waals surface area contributed by atoms with Crippen LogP contribution >= 0.6 is 11.6 Å². The first kappa shape index (κ1) is 28.8. The first-order valence-electron chi connectivity index (χ1n) is 12.3. The minimum atomic E-state index is -4.22. The zero-order chi connectivity index (χ0) is 28.9. The second-order valence-corrected chi connectivity index (χ2v) is 11.3. The smallest absolute Gasteiger partial charge is 0.264 e. The lowest BCUT2D eigenvalue weighted by Crippen LogP contribution is -2.38. The molecule has 1 amide bonds. The predicted octanol–water partition coefficient (Wildman–Crippen LogP) is 6.60. The summed E-state index contributed by atoms with van der Waals surface area (Å²) in [4.78, 5) is 13.4. The number of hydrogen-bond acceptors (Lipinski definition) is 6. The molecule has 0 aliphatic heterocycles. The van der Waals surface area contributed by atoms with E-state index in [-0.39, 0.29) is 10.6 Å². The van der Waals surface area contributed by atoms with Gasteiger partial charge in [-0.05, 0) is 79.6 Å². The van der Waals surface area contributed by atoms with Gasteiger partial charge in [0.25, 0.3) is 10.0 Å². The number of methoxy groups -OCH3 is 2. The van der Waals surface area contributed by atoms with Crippen LogP contribution in [0.5, 0.6) is 23.0 Å². The number of ether oxygens (including phenoxy) is 3. The van der Waals surface area contributed by atoms with E-state index in [1.54, 1.807) is 42.5 Å². The Hall–Kier alpha value is -4.21. The largest absolute Gasteiger partial charge is 0.493 e. The molecule has 1 N–H and O–H groups in total. The van der Waals surface area contributed by atoms with Gasteiger partial charge in [0.1, 0.15) is 12.3 Å². The van der Waals surface area contributed by atoms with Gasteiger partial charge in [-0.2, -0.15) is 0 Å². The first-order valence-corrected chi connectivity index (χ1v) is 14.1. The summed E-state index contributed by atoms with van der Waals surface area (Å²) >= 11 is 6.21. The number of nitrogens with zero attached hydrogens (tertiary/aromatic N) is 1. The third kappa shape index (κ3) is 6.67. The molecule has 0 aromatic heterocycles. The van der Waals surface area contributed by atoms with E-state index in [1.807, 2.05) is 38.1 Å². The number of para-hydroxylation sites is 1. The molecule has 40 heavy (non-hydrogen) atoms. The molecule has 208 valence electrons. The number of benzene rings is 4. The number of carbonyl (C=O) groups is 1. The molecule has 0 fully saturated rings. The van der Waals surface area contributed by atoms with Crippen molar-refractivity contribution >= 4 is 38.9 Å². The van der Waals surface area contributed by atoms with E-state index < -0.39 is 22.5 Å². The summed E-state index contributed by atoms with van der Waals surface area (Å²) in [5.41, 5.74) is 2.33. The highest BCUT2D eigenvalue weighted by atomic mass is 35.5. The number of amides is 1. The van der Waals surface area contributed by atoms with Crippen LogP contribution in [0.3, 0.4) is 0 Å². The number of anilines is 2. The predicted molar refractivity (Wildman–Crippen MR) is 157 cm³/mol. The molecule has 0 atom stereocenters. The van der Waals surface area contributed by atoms with E-state index in [0.717, 1.165) is 15.4 Å². The second kappa shape index (κ2) is 12.3. The monoisotopic (exact) mass is 580 g/mol. The summed E-state index contributed by atoms with van der Waals surface area (Å²) in [5.74, 6) is 0.945. The molecule has 0 bridgehead atoms. The lowest BCUT2D eigenvalue weighted by Gasteiger charge is -2.25. The number of aryl methyl sites for hydroxylation is 2. The van der Waals surface area contributed by atoms with Gasteiger partial charge < -0.3 is 19.5 Å². The number of halogens is 1. The molecule has 0 aliphatic carbocycles. The molecule has 4 aromatic carbocycles. The normalized spacial score (nSPS) is 11.0. The van der Waals surface area contributed by atoms with Crippen molar-refractivity contribution in [3.63, 3.8) is 0 Å². The maximum Gasteiger partial charge on any atom is 0.264 e. The van der Waals surface area contributed by atoms with Crippen molar-refractivity contribution in [3.8, 4) is 23.0 Å². The Morgan fingerprint density at radius 2 is 1.48 bits per heavy atom. The van der Waals surface area contributed by atoms with Crippen LogP contribution in [-0.4, -0.2) is 35.1 Å². The van der Waals surface area contributed by atoms with Crippen molar-refractivity contribution in [2.24, 2.45) is 0 Å². The highest BCUT2D eigenvalue weighted by Crippen LogP contribution is 2.34. The summed E-state index contributed by atoms with van der Waals surface area (Å²) in [6, 6.07) is 23.5. The highest BCUT2D eigenvalue weighted by molar-refractivity contribution is 7.92. The fraction of sp³-hybridized carbons (Fsp3) is 0.167. The quantitative estimate of drug-likeness (QED) is 0.227. The molecule has 0 aliphatic rings. The zero-order valence-corrected chi connectivity index (χ0v) is 24.0. The molecular formula is C30H29ClN2O6S. The van der Waals surface area contributed by atoms with Gasteiger partial charge >= 0.3 is 0 Å². The SMILES string of the molecule is COc1ccc(S(=O)(=O)N(CC(=O)Nc2cc(Cl)ccc2Oc2ccccc2)c2cc(C)cc(C)c2)cc1OC. The van der Waals surface area contributed by atoms with Gasteiger partial charge in [-0.3, -0.25) is 9.10 Å². The molecule has 0 spiro atoms. The van der Waals surface area contributed by atoms with Crippen LogP contribution in [-0.2, 0) is 14.8 Å². The average Bonchev–Trinajstić information content (AvgIpc) is 2.92. The van der Waals surface area contributed by atoms with E-state index in [0.29, 0.717) is 33.6 Å². The fourth-order valence-corrected chi connectivity index (χ4v) is 5.73.